The number of esters is 1. The molecule has 0 spiro atoms. The zero-order valence-electron chi connectivity index (χ0n) is 14.4. The van der Waals surface area contributed by atoms with E-state index in [0.29, 0.717) is 0 Å². The summed E-state index contributed by atoms with van der Waals surface area (Å²) in [6.07, 6.45) is 2.08. The van der Waals surface area contributed by atoms with Crippen molar-refractivity contribution in [2.24, 2.45) is 0 Å². The fourth-order valence-electron chi connectivity index (χ4n) is 2.65. The number of hydrogen-bond donors (Lipinski definition) is 1. The van der Waals surface area contributed by atoms with E-state index in [0.717, 1.165) is 26.9 Å². The molecular weight excluding hydrogens is 346 g/mol. The topological polar surface area (TPSA) is 55.4 Å². The summed E-state index contributed by atoms with van der Waals surface area (Å²) in [6.45, 7) is -0.296. The molecular formula is C21H19NO3S. The second kappa shape index (κ2) is 8.54. The number of nitrogens with one attached hydrogen (secondary N) is 1. The third kappa shape index (κ3) is 4.64. The van der Waals surface area contributed by atoms with Gasteiger partial charge in [-0.25, -0.2) is 0 Å². The van der Waals surface area contributed by atoms with Crippen LogP contribution < -0.4 is 5.32 Å². The summed E-state index contributed by atoms with van der Waals surface area (Å²) >= 11 is 1.54. The van der Waals surface area contributed by atoms with Gasteiger partial charge in [0.25, 0.3) is 5.91 Å². The van der Waals surface area contributed by atoms with E-state index in [9.17, 15) is 9.59 Å². The molecule has 132 valence electrons. The van der Waals surface area contributed by atoms with Crippen molar-refractivity contribution in [3.8, 4) is 0 Å². The predicted octanol–water partition coefficient (Wildman–Crippen LogP) is 4.29. The molecule has 0 saturated heterocycles. The van der Waals surface area contributed by atoms with Crippen molar-refractivity contribution >= 4 is 40.1 Å². The Balaban J connectivity index is 1.53. The van der Waals surface area contributed by atoms with Crippen molar-refractivity contribution in [2.75, 3.05) is 18.2 Å². The Kier molecular flexibility index (Phi) is 5.92. The smallest absolute Gasteiger partial charge is 0.310 e. The molecule has 5 heteroatoms. The average Bonchev–Trinajstić information content (AvgIpc) is 2.67. The first-order chi connectivity index (χ1) is 12.7. The molecule has 0 saturated carbocycles. The zero-order valence-corrected chi connectivity index (χ0v) is 15.2. The minimum atomic E-state index is -0.423. The highest BCUT2D eigenvalue weighted by Gasteiger charge is 2.10. The Morgan fingerprint density at radius 1 is 0.962 bits per heavy atom. The standard InChI is InChI=1S/C21H19NO3S/c1-26-19-9-5-4-8-18(19)22-20(23)14-25-21(24)13-15-10-11-16-6-2-3-7-17(16)12-15/h2-12H,13-14H2,1H3,(H,22,23). The fraction of sp³-hybridized carbons (Fsp3) is 0.143. The second-order valence-corrected chi connectivity index (χ2v) is 6.62. The van der Waals surface area contributed by atoms with Gasteiger partial charge in [-0.1, -0.05) is 54.6 Å². The van der Waals surface area contributed by atoms with Crippen molar-refractivity contribution < 1.29 is 14.3 Å². The van der Waals surface area contributed by atoms with Crippen LogP contribution in [0.15, 0.2) is 71.6 Å². The van der Waals surface area contributed by atoms with E-state index in [1.807, 2.05) is 73.0 Å². The van der Waals surface area contributed by atoms with Gasteiger partial charge in [0.2, 0.25) is 0 Å². The molecule has 3 aromatic rings. The molecule has 0 aliphatic carbocycles. The maximum Gasteiger partial charge on any atom is 0.310 e. The molecule has 0 unspecified atom stereocenters. The van der Waals surface area contributed by atoms with Gasteiger partial charge in [-0.15, -0.1) is 11.8 Å². The average molecular weight is 365 g/mol. The minimum absolute atomic E-state index is 0.138. The summed E-state index contributed by atoms with van der Waals surface area (Å²) < 4.78 is 5.11. The largest absolute Gasteiger partial charge is 0.455 e. The Labute approximate surface area is 156 Å². The summed E-state index contributed by atoms with van der Waals surface area (Å²) in [5.74, 6) is -0.771. The number of carbonyl (C=O) groups excluding carboxylic acids is 2. The van der Waals surface area contributed by atoms with Crippen LogP contribution in [-0.4, -0.2) is 24.7 Å². The molecule has 0 fully saturated rings. The molecule has 0 aliphatic rings. The second-order valence-electron chi connectivity index (χ2n) is 5.77. The van der Waals surface area contributed by atoms with Crippen LogP contribution in [0.5, 0.6) is 0 Å². The summed E-state index contributed by atoms with van der Waals surface area (Å²) in [6, 6.07) is 21.3. The molecule has 3 rings (SSSR count). The molecule has 0 aliphatic heterocycles. The lowest BCUT2D eigenvalue weighted by atomic mass is 10.1. The SMILES string of the molecule is CSc1ccccc1NC(=O)COC(=O)Cc1ccc2ccccc2c1. The molecule has 1 N–H and O–H groups in total. The molecule has 4 nitrogen and oxygen atoms in total. The number of carbonyl (C=O) groups is 2. The van der Waals surface area contributed by atoms with Crippen LogP contribution in [0, 0.1) is 0 Å². The van der Waals surface area contributed by atoms with Crippen molar-refractivity contribution in [1.82, 2.24) is 0 Å². The van der Waals surface area contributed by atoms with Gasteiger partial charge in [-0.2, -0.15) is 0 Å². The van der Waals surface area contributed by atoms with Gasteiger partial charge < -0.3 is 10.1 Å². The van der Waals surface area contributed by atoms with E-state index >= 15 is 0 Å². The zero-order chi connectivity index (χ0) is 18.4. The molecule has 0 atom stereocenters. The van der Waals surface area contributed by atoms with E-state index < -0.39 is 5.97 Å². The van der Waals surface area contributed by atoms with E-state index in [1.54, 1.807) is 11.8 Å². The van der Waals surface area contributed by atoms with Crippen molar-refractivity contribution in [3.05, 3.63) is 72.3 Å². The first-order valence-corrected chi connectivity index (χ1v) is 9.44. The molecule has 0 bridgehead atoms. The number of ether oxygens (including phenoxy) is 1. The van der Waals surface area contributed by atoms with Gasteiger partial charge in [0.1, 0.15) is 0 Å². The Morgan fingerprint density at radius 3 is 2.50 bits per heavy atom. The highest BCUT2D eigenvalue weighted by atomic mass is 32.2. The Hall–Kier alpha value is -2.79. The van der Waals surface area contributed by atoms with Gasteiger partial charge in [0.05, 0.1) is 12.1 Å². The molecule has 3 aromatic carbocycles. The number of hydrogen-bond acceptors (Lipinski definition) is 4. The van der Waals surface area contributed by atoms with Crippen LogP contribution >= 0.6 is 11.8 Å². The highest BCUT2D eigenvalue weighted by Crippen LogP contribution is 2.24. The normalized spacial score (nSPS) is 10.5. The van der Waals surface area contributed by atoms with Crippen LogP contribution in [0.3, 0.4) is 0 Å². The van der Waals surface area contributed by atoms with Crippen molar-refractivity contribution in [3.63, 3.8) is 0 Å². The summed E-state index contributed by atoms with van der Waals surface area (Å²) in [5.41, 5.74) is 1.58. The number of rotatable bonds is 6. The summed E-state index contributed by atoms with van der Waals surface area (Å²) in [4.78, 5) is 25.0. The van der Waals surface area contributed by atoms with Gasteiger partial charge in [0.15, 0.2) is 6.61 Å². The maximum absolute atomic E-state index is 12.0. The van der Waals surface area contributed by atoms with E-state index in [2.05, 4.69) is 5.32 Å². The van der Waals surface area contributed by atoms with E-state index in [4.69, 9.17) is 4.74 Å². The Bertz CT molecular complexity index is 939. The van der Waals surface area contributed by atoms with Crippen LogP contribution in [0.4, 0.5) is 5.69 Å². The third-order valence-electron chi connectivity index (χ3n) is 3.91. The summed E-state index contributed by atoms with van der Waals surface area (Å²) in [7, 11) is 0. The quantitative estimate of drug-likeness (QED) is 0.523. The van der Waals surface area contributed by atoms with Gasteiger partial charge in [-0.3, -0.25) is 9.59 Å². The van der Waals surface area contributed by atoms with Crippen molar-refractivity contribution in [2.45, 2.75) is 11.3 Å². The van der Waals surface area contributed by atoms with Crippen molar-refractivity contribution in [1.29, 1.82) is 0 Å². The lowest BCUT2D eigenvalue weighted by Gasteiger charge is -2.10. The predicted molar refractivity (Wildman–Crippen MR) is 105 cm³/mol. The van der Waals surface area contributed by atoms with Gasteiger partial charge >= 0.3 is 5.97 Å². The van der Waals surface area contributed by atoms with Crippen LogP contribution in [0.2, 0.25) is 0 Å². The van der Waals surface area contributed by atoms with Crippen LogP contribution in [-0.2, 0) is 20.7 Å². The highest BCUT2D eigenvalue weighted by molar-refractivity contribution is 7.98. The number of amides is 1. The first-order valence-electron chi connectivity index (χ1n) is 8.22. The number of fused-ring (bicyclic) bond motifs is 1. The molecule has 26 heavy (non-hydrogen) atoms. The minimum Gasteiger partial charge on any atom is -0.455 e. The first kappa shape index (κ1) is 18.0. The lowest BCUT2D eigenvalue weighted by molar-refractivity contribution is -0.146. The van der Waals surface area contributed by atoms with E-state index in [1.165, 1.54) is 0 Å². The number of benzene rings is 3. The van der Waals surface area contributed by atoms with Crippen LogP contribution in [0.25, 0.3) is 10.8 Å². The molecule has 0 radical (unpaired) electrons. The monoisotopic (exact) mass is 365 g/mol. The van der Waals surface area contributed by atoms with E-state index in [-0.39, 0.29) is 18.9 Å². The fourth-order valence-corrected chi connectivity index (χ4v) is 3.20. The number of para-hydroxylation sites is 1. The molecule has 0 heterocycles. The van der Waals surface area contributed by atoms with Gasteiger partial charge in [0, 0.05) is 4.90 Å². The number of anilines is 1. The number of thioether (sulfide) groups is 1. The maximum atomic E-state index is 12.0. The lowest BCUT2D eigenvalue weighted by Crippen LogP contribution is -2.21. The van der Waals surface area contributed by atoms with Gasteiger partial charge in [-0.05, 0) is 34.7 Å². The third-order valence-corrected chi connectivity index (χ3v) is 4.70. The molecule has 0 aromatic heterocycles. The Morgan fingerprint density at radius 2 is 1.69 bits per heavy atom. The van der Waals surface area contributed by atoms with Crippen LogP contribution in [0.1, 0.15) is 5.56 Å². The molecule has 1 amide bonds. The summed E-state index contributed by atoms with van der Waals surface area (Å²) in [5, 5.41) is 4.96.